The van der Waals surface area contributed by atoms with Crippen molar-refractivity contribution < 1.29 is 5.11 Å². The number of rotatable bonds is 6. The quantitative estimate of drug-likeness (QED) is 0.706. The number of nitrogens with zero attached hydrogens (tertiary/aromatic N) is 2. The van der Waals surface area contributed by atoms with Gasteiger partial charge in [0.1, 0.15) is 0 Å². The van der Waals surface area contributed by atoms with Crippen LogP contribution in [0.15, 0.2) is 29.0 Å². The Kier molecular flexibility index (Phi) is 5.92. The molecule has 0 saturated carbocycles. The Morgan fingerprint density at radius 1 is 1.56 bits per heavy atom. The van der Waals surface area contributed by atoms with Crippen molar-refractivity contribution >= 4 is 5.71 Å². The highest BCUT2D eigenvalue weighted by Crippen LogP contribution is 2.21. The SMILES string of the molecule is C=C(/C(=C/N)C1=NCCCC1)N(CCO)C(C)C. The van der Waals surface area contributed by atoms with Gasteiger partial charge in [-0.15, -0.1) is 0 Å². The van der Waals surface area contributed by atoms with Gasteiger partial charge in [0.15, 0.2) is 0 Å². The van der Waals surface area contributed by atoms with Crippen molar-refractivity contribution in [1.29, 1.82) is 0 Å². The lowest BCUT2D eigenvalue weighted by Crippen LogP contribution is -2.34. The Labute approximate surface area is 110 Å². The summed E-state index contributed by atoms with van der Waals surface area (Å²) in [4.78, 5) is 6.61. The summed E-state index contributed by atoms with van der Waals surface area (Å²) in [6, 6.07) is 0.281. The largest absolute Gasteiger partial charge is 0.404 e. The standard InChI is InChI=1S/C14H25N3O/c1-11(2)17(8-9-18)12(3)13(10-15)14-6-4-5-7-16-14/h10-11,18H,3-9,15H2,1-2H3/b13-10-. The maximum absolute atomic E-state index is 9.14. The minimum Gasteiger partial charge on any atom is -0.404 e. The van der Waals surface area contributed by atoms with E-state index < -0.39 is 0 Å². The molecule has 0 spiro atoms. The molecule has 0 aromatic carbocycles. The Hall–Kier alpha value is -1.29. The van der Waals surface area contributed by atoms with Crippen molar-refractivity contribution in [2.45, 2.75) is 39.2 Å². The lowest BCUT2D eigenvalue weighted by molar-refractivity contribution is 0.205. The Morgan fingerprint density at radius 2 is 2.28 bits per heavy atom. The number of hydrogen-bond acceptors (Lipinski definition) is 4. The van der Waals surface area contributed by atoms with Crippen molar-refractivity contribution in [3.8, 4) is 0 Å². The van der Waals surface area contributed by atoms with E-state index in [0.717, 1.165) is 42.8 Å². The van der Waals surface area contributed by atoms with Gasteiger partial charge in [-0.1, -0.05) is 6.58 Å². The third kappa shape index (κ3) is 3.60. The Morgan fingerprint density at radius 3 is 2.72 bits per heavy atom. The van der Waals surface area contributed by atoms with E-state index in [2.05, 4.69) is 30.3 Å². The molecule has 3 N–H and O–H groups in total. The van der Waals surface area contributed by atoms with E-state index in [1.807, 2.05) is 0 Å². The van der Waals surface area contributed by atoms with Crippen LogP contribution in [0.25, 0.3) is 0 Å². The zero-order valence-electron chi connectivity index (χ0n) is 11.5. The van der Waals surface area contributed by atoms with Gasteiger partial charge in [0.2, 0.25) is 0 Å². The molecule has 1 heterocycles. The Bertz CT molecular complexity index is 345. The predicted octanol–water partition coefficient (Wildman–Crippen LogP) is 1.67. The van der Waals surface area contributed by atoms with Gasteiger partial charge >= 0.3 is 0 Å². The zero-order chi connectivity index (χ0) is 13.5. The molecule has 18 heavy (non-hydrogen) atoms. The highest BCUT2D eigenvalue weighted by atomic mass is 16.3. The molecule has 102 valence electrons. The highest BCUT2D eigenvalue weighted by Gasteiger charge is 2.19. The summed E-state index contributed by atoms with van der Waals surface area (Å²) < 4.78 is 0. The topological polar surface area (TPSA) is 61.8 Å². The van der Waals surface area contributed by atoms with Gasteiger partial charge in [-0.3, -0.25) is 4.99 Å². The number of allylic oxidation sites excluding steroid dienone is 1. The maximum atomic E-state index is 9.14. The van der Waals surface area contributed by atoms with Gasteiger partial charge < -0.3 is 15.7 Å². The molecule has 0 bridgehead atoms. The maximum Gasteiger partial charge on any atom is 0.0606 e. The lowest BCUT2D eigenvalue weighted by atomic mass is 9.99. The van der Waals surface area contributed by atoms with Crippen molar-refractivity contribution in [3.63, 3.8) is 0 Å². The fourth-order valence-corrected chi connectivity index (χ4v) is 2.24. The summed E-state index contributed by atoms with van der Waals surface area (Å²) in [6.45, 7) is 9.85. The van der Waals surface area contributed by atoms with Crippen LogP contribution in [0.5, 0.6) is 0 Å². The molecule has 0 saturated heterocycles. The van der Waals surface area contributed by atoms with E-state index in [4.69, 9.17) is 10.8 Å². The van der Waals surface area contributed by atoms with Crippen LogP contribution >= 0.6 is 0 Å². The minimum absolute atomic E-state index is 0.113. The van der Waals surface area contributed by atoms with E-state index in [9.17, 15) is 0 Å². The molecular weight excluding hydrogens is 226 g/mol. The number of aliphatic hydroxyl groups is 1. The second-order valence-electron chi connectivity index (χ2n) is 4.82. The summed E-state index contributed by atoms with van der Waals surface area (Å²) in [7, 11) is 0. The van der Waals surface area contributed by atoms with Crippen LogP contribution in [-0.2, 0) is 0 Å². The summed E-state index contributed by atoms with van der Waals surface area (Å²) in [5.41, 5.74) is 8.59. The summed E-state index contributed by atoms with van der Waals surface area (Å²) >= 11 is 0. The molecule has 0 amide bonds. The molecule has 1 aliphatic heterocycles. The van der Waals surface area contributed by atoms with Crippen LogP contribution < -0.4 is 5.73 Å². The fourth-order valence-electron chi connectivity index (χ4n) is 2.24. The van der Waals surface area contributed by atoms with Crippen molar-refractivity contribution in [2.24, 2.45) is 10.7 Å². The molecule has 0 aliphatic carbocycles. The third-order valence-corrected chi connectivity index (χ3v) is 3.22. The lowest BCUT2D eigenvalue weighted by Gasteiger charge is -2.32. The van der Waals surface area contributed by atoms with Crippen LogP contribution in [0.2, 0.25) is 0 Å². The number of aliphatic imine (C=N–C) groups is 1. The van der Waals surface area contributed by atoms with E-state index in [-0.39, 0.29) is 12.6 Å². The zero-order valence-corrected chi connectivity index (χ0v) is 11.5. The van der Waals surface area contributed by atoms with Crippen LogP contribution in [0.3, 0.4) is 0 Å². The second kappa shape index (κ2) is 7.21. The van der Waals surface area contributed by atoms with Crippen LogP contribution in [0, 0.1) is 0 Å². The van der Waals surface area contributed by atoms with Gasteiger partial charge in [0.05, 0.1) is 6.61 Å². The first-order valence-electron chi connectivity index (χ1n) is 6.64. The van der Waals surface area contributed by atoms with Crippen molar-refractivity contribution in [1.82, 2.24) is 4.90 Å². The van der Waals surface area contributed by atoms with E-state index in [0.29, 0.717) is 6.54 Å². The van der Waals surface area contributed by atoms with Gasteiger partial charge in [-0.2, -0.15) is 0 Å². The van der Waals surface area contributed by atoms with Crippen molar-refractivity contribution in [3.05, 3.63) is 24.0 Å². The molecule has 1 rings (SSSR count). The molecule has 1 aliphatic rings. The average Bonchev–Trinajstić information content (AvgIpc) is 2.37. The van der Waals surface area contributed by atoms with Gasteiger partial charge in [-0.05, 0) is 33.1 Å². The Balaban J connectivity index is 2.87. The first-order chi connectivity index (χ1) is 8.61. The smallest absolute Gasteiger partial charge is 0.0606 e. The highest BCUT2D eigenvalue weighted by molar-refractivity contribution is 6.03. The molecule has 0 radical (unpaired) electrons. The fraction of sp³-hybridized carbons (Fsp3) is 0.643. The average molecular weight is 251 g/mol. The molecule has 4 heteroatoms. The molecular formula is C14H25N3O. The van der Waals surface area contributed by atoms with Gasteiger partial charge in [-0.25, -0.2) is 0 Å². The number of aliphatic hydroxyl groups excluding tert-OH is 1. The monoisotopic (exact) mass is 251 g/mol. The van der Waals surface area contributed by atoms with Gasteiger partial charge in [0, 0.05) is 42.3 Å². The molecule has 0 atom stereocenters. The number of hydrogen-bond donors (Lipinski definition) is 2. The summed E-state index contributed by atoms with van der Waals surface area (Å²) in [6.07, 6.45) is 4.87. The minimum atomic E-state index is 0.113. The first-order valence-corrected chi connectivity index (χ1v) is 6.64. The molecule has 0 unspecified atom stereocenters. The third-order valence-electron chi connectivity index (χ3n) is 3.22. The molecule has 0 fully saturated rings. The first kappa shape index (κ1) is 14.8. The van der Waals surface area contributed by atoms with Crippen LogP contribution in [0.4, 0.5) is 0 Å². The second-order valence-corrected chi connectivity index (χ2v) is 4.82. The molecule has 0 aromatic heterocycles. The van der Waals surface area contributed by atoms with E-state index in [1.54, 1.807) is 6.20 Å². The van der Waals surface area contributed by atoms with Crippen LogP contribution in [0.1, 0.15) is 33.1 Å². The summed E-state index contributed by atoms with van der Waals surface area (Å²) in [5, 5.41) is 9.14. The predicted molar refractivity (Wildman–Crippen MR) is 76.5 cm³/mol. The number of nitrogens with two attached hydrogens (primary N) is 1. The van der Waals surface area contributed by atoms with E-state index >= 15 is 0 Å². The van der Waals surface area contributed by atoms with Crippen LogP contribution in [-0.4, -0.2) is 41.5 Å². The van der Waals surface area contributed by atoms with Crippen molar-refractivity contribution in [2.75, 3.05) is 19.7 Å². The normalized spacial score (nSPS) is 16.7. The molecule has 4 nitrogen and oxygen atoms in total. The van der Waals surface area contributed by atoms with E-state index in [1.165, 1.54) is 0 Å². The van der Waals surface area contributed by atoms with Gasteiger partial charge in [0.25, 0.3) is 0 Å². The molecule has 0 aromatic rings. The summed E-state index contributed by atoms with van der Waals surface area (Å²) in [5.74, 6) is 0.